The minimum atomic E-state index is 0.339. The monoisotopic (exact) mass is 285 g/mol. The van der Waals surface area contributed by atoms with E-state index in [1.165, 1.54) is 16.8 Å². The second kappa shape index (κ2) is 5.07. The van der Waals surface area contributed by atoms with Crippen LogP contribution in [0, 0.1) is 0 Å². The largest absolute Gasteiger partial charge is 0.454 e. The molecule has 0 amide bonds. The van der Waals surface area contributed by atoms with Gasteiger partial charge in [-0.05, 0) is 55.1 Å². The lowest BCUT2D eigenvalue weighted by Crippen LogP contribution is -2.30. The maximum atomic E-state index is 5.52. The van der Waals surface area contributed by atoms with Crippen molar-refractivity contribution < 1.29 is 9.47 Å². The van der Waals surface area contributed by atoms with Crippen molar-refractivity contribution in [1.82, 2.24) is 15.1 Å². The Morgan fingerprint density at radius 1 is 1.33 bits per heavy atom. The molecule has 1 aromatic heterocycles. The summed E-state index contributed by atoms with van der Waals surface area (Å²) in [4.78, 5) is 0. The van der Waals surface area contributed by atoms with Crippen LogP contribution >= 0.6 is 0 Å². The zero-order valence-electron chi connectivity index (χ0n) is 12.1. The molecular formula is C16H19N3O2. The summed E-state index contributed by atoms with van der Waals surface area (Å²) >= 11 is 0. The highest BCUT2D eigenvalue weighted by molar-refractivity contribution is 5.50. The molecule has 5 heteroatoms. The van der Waals surface area contributed by atoms with E-state index < -0.39 is 0 Å². The predicted molar refractivity (Wildman–Crippen MR) is 78.5 cm³/mol. The highest BCUT2D eigenvalue weighted by atomic mass is 16.7. The van der Waals surface area contributed by atoms with E-state index in [9.17, 15) is 0 Å². The van der Waals surface area contributed by atoms with Crippen LogP contribution in [0.1, 0.15) is 29.3 Å². The molecule has 0 fully saturated rings. The third-order valence-electron chi connectivity index (χ3n) is 4.41. The van der Waals surface area contributed by atoms with E-state index in [4.69, 9.17) is 9.47 Å². The van der Waals surface area contributed by atoms with Crippen LogP contribution in [0.2, 0.25) is 0 Å². The van der Waals surface area contributed by atoms with E-state index in [0.29, 0.717) is 12.8 Å². The minimum Gasteiger partial charge on any atom is -0.454 e. The maximum Gasteiger partial charge on any atom is 0.231 e. The van der Waals surface area contributed by atoms with Gasteiger partial charge >= 0.3 is 0 Å². The number of ether oxygens (including phenoxy) is 2. The summed E-state index contributed by atoms with van der Waals surface area (Å²) in [6.45, 7) is 1.36. The third kappa shape index (κ3) is 2.27. The molecule has 1 N–H and O–H groups in total. The molecule has 0 saturated carbocycles. The standard InChI is InChI=1S/C16H19N3O2/c1-19-12(5-7-18-19)2-3-14-13-9-16-15(20-10-21-16)8-11(13)4-6-17-14/h5,7-9,14,17H,2-4,6,10H2,1H3. The Hall–Kier alpha value is -2.01. The van der Waals surface area contributed by atoms with Gasteiger partial charge in [0.15, 0.2) is 11.5 Å². The van der Waals surface area contributed by atoms with Crippen LogP contribution in [-0.2, 0) is 19.9 Å². The van der Waals surface area contributed by atoms with E-state index >= 15 is 0 Å². The highest BCUT2D eigenvalue weighted by Gasteiger charge is 2.24. The Morgan fingerprint density at radius 3 is 3.00 bits per heavy atom. The second-order valence-electron chi connectivity index (χ2n) is 5.65. The Kier molecular flexibility index (Phi) is 3.07. The molecule has 0 bridgehead atoms. The van der Waals surface area contributed by atoms with E-state index in [0.717, 1.165) is 37.3 Å². The van der Waals surface area contributed by atoms with E-state index in [2.05, 4.69) is 28.6 Å². The minimum absolute atomic E-state index is 0.339. The number of nitrogens with one attached hydrogen (secondary N) is 1. The van der Waals surface area contributed by atoms with Gasteiger partial charge in [-0.15, -0.1) is 0 Å². The fourth-order valence-corrected chi connectivity index (χ4v) is 3.23. The van der Waals surface area contributed by atoms with Gasteiger partial charge in [-0.1, -0.05) is 0 Å². The second-order valence-corrected chi connectivity index (χ2v) is 5.65. The molecule has 1 aromatic carbocycles. The van der Waals surface area contributed by atoms with Gasteiger partial charge in [0, 0.05) is 25.0 Å². The van der Waals surface area contributed by atoms with Crippen LogP contribution in [0.15, 0.2) is 24.4 Å². The molecule has 4 rings (SSSR count). The van der Waals surface area contributed by atoms with Crippen molar-refractivity contribution in [2.24, 2.45) is 7.05 Å². The van der Waals surface area contributed by atoms with E-state index in [-0.39, 0.29) is 0 Å². The van der Waals surface area contributed by atoms with Crippen LogP contribution in [0.25, 0.3) is 0 Å². The third-order valence-corrected chi connectivity index (χ3v) is 4.41. The van der Waals surface area contributed by atoms with Gasteiger partial charge in [0.2, 0.25) is 6.79 Å². The van der Waals surface area contributed by atoms with Crippen LogP contribution in [0.3, 0.4) is 0 Å². The molecule has 110 valence electrons. The summed E-state index contributed by atoms with van der Waals surface area (Å²) in [6.07, 6.45) is 4.98. The molecule has 1 atom stereocenters. The van der Waals surface area contributed by atoms with Crippen molar-refractivity contribution in [1.29, 1.82) is 0 Å². The average molecular weight is 285 g/mol. The number of aryl methyl sites for hydroxylation is 2. The first-order valence-electron chi connectivity index (χ1n) is 7.44. The Morgan fingerprint density at radius 2 is 2.19 bits per heavy atom. The highest BCUT2D eigenvalue weighted by Crippen LogP contribution is 2.39. The fourth-order valence-electron chi connectivity index (χ4n) is 3.23. The fraction of sp³-hybridized carbons (Fsp3) is 0.438. The number of rotatable bonds is 3. The number of hydrogen-bond donors (Lipinski definition) is 1. The number of benzene rings is 1. The summed E-state index contributed by atoms with van der Waals surface area (Å²) < 4.78 is 12.9. The molecule has 2 aromatic rings. The smallest absolute Gasteiger partial charge is 0.231 e. The molecule has 21 heavy (non-hydrogen) atoms. The van der Waals surface area contributed by atoms with Gasteiger partial charge in [-0.25, -0.2) is 0 Å². The van der Waals surface area contributed by atoms with Gasteiger partial charge in [0.05, 0.1) is 0 Å². The number of hydrogen-bond acceptors (Lipinski definition) is 4. The lowest BCUT2D eigenvalue weighted by atomic mass is 9.90. The van der Waals surface area contributed by atoms with Crippen molar-refractivity contribution in [2.75, 3.05) is 13.3 Å². The van der Waals surface area contributed by atoms with Crippen molar-refractivity contribution in [3.05, 3.63) is 41.2 Å². The maximum absolute atomic E-state index is 5.52. The number of nitrogens with zero attached hydrogens (tertiary/aromatic N) is 2. The first kappa shape index (κ1) is 12.7. The van der Waals surface area contributed by atoms with E-state index in [1.807, 2.05) is 17.9 Å². The van der Waals surface area contributed by atoms with Crippen LogP contribution in [0.4, 0.5) is 0 Å². The van der Waals surface area contributed by atoms with E-state index in [1.54, 1.807) is 0 Å². The molecule has 1 unspecified atom stereocenters. The molecule has 2 aliphatic heterocycles. The number of aromatic nitrogens is 2. The first-order valence-corrected chi connectivity index (χ1v) is 7.44. The van der Waals surface area contributed by atoms with Crippen LogP contribution in [0.5, 0.6) is 11.5 Å². The van der Waals surface area contributed by atoms with Crippen molar-refractivity contribution in [3.8, 4) is 11.5 Å². The average Bonchev–Trinajstić information content (AvgIpc) is 3.11. The van der Waals surface area contributed by atoms with Crippen molar-refractivity contribution in [2.45, 2.75) is 25.3 Å². The number of fused-ring (bicyclic) bond motifs is 2. The van der Waals surface area contributed by atoms with Gasteiger partial charge in [-0.3, -0.25) is 4.68 Å². The SMILES string of the molecule is Cn1nccc1CCC1NCCc2cc3c(cc21)OCO3. The quantitative estimate of drug-likeness (QED) is 0.936. The molecule has 0 aliphatic carbocycles. The van der Waals surface area contributed by atoms with Gasteiger partial charge in [-0.2, -0.15) is 5.10 Å². The molecule has 2 aliphatic rings. The topological polar surface area (TPSA) is 48.3 Å². The zero-order valence-corrected chi connectivity index (χ0v) is 12.1. The van der Waals surface area contributed by atoms with Crippen LogP contribution in [-0.4, -0.2) is 23.1 Å². The molecule has 0 spiro atoms. The Labute approximate surface area is 123 Å². The first-order chi connectivity index (χ1) is 10.3. The Bertz CT molecular complexity index is 666. The summed E-state index contributed by atoms with van der Waals surface area (Å²) in [5, 5.41) is 7.85. The van der Waals surface area contributed by atoms with Gasteiger partial charge in [0.25, 0.3) is 0 Å². The van der Waals surface area contributed by atoms with Crippen molar-refractivity contribution >= 4 is 0 Å². The summed E-state index contributed by atoms with van der Waals surface area (Å²) in [6, 6.07) is 6.76. The molecule has 0 radical (unpaired) electrons. The molecule has 5 nitrogen and oxygen atoms in total. The zero-order chi connectivity index (χ0) is 14.2. The van der Waals surface area contributed by atoms with Gasteiger partial charge in [0.1, 0.15) is 0 Å². The summed E-state index contributed by atoms with van der Waals surface area (Å²) in [5.74, 6) is 1.77. The lowest BCUT2D eigenvalue weighted by molar-refractivity contribution is 0.174. The molecule has 0 saturated heterocycles. The molecule has 3 heterocycles. The Balaban J connectivity index is 1.57. The summed E-state index contributed by atoms with van der Waals surface area (Å²) in [7, 11) is 2.00. The predicted octanol–water partition coefficient (Wildman–Crippen LogP) is 1.97. The van der Waals surface area contributed by atoms with Crippen molar-refractivity contribution in [3.63, 3.8) is 0 Å². The lowest BCUT2D eigenvalue weighted by Gasteiger charge is -2.27. The van der Waals surface area contributed by atoms with Gasteiger partial charge < -0.3 is 14.8 Å². The normalized spacial score (nSPS) is 19.6. The summed E-state index contributed by atoms with van der Waals surface area (Å²) in [5.41, 5.74) is 4.00. The van der Waals surface area contributed by atoms with Crippen LogP contribution < -0.4 is 14.8 Å². The molecular weight excluding hydrogens is 266 g/mol.